The Kier molecular flexibility index (Phi) is 4.12. The lowest BCUT2D eigenvalue weighted by molar-refractivity contribution is 0.896. The number of aryl methyl sites for hydroxylation is 2. The van der Waals surface area contributed by atoms with Gasteiger partial charge >= 0.3 is 0 Å². The molecule has 2 heterocycles. The van der Waals surface area contributed by atoms with Gasteiger partial charge in [0, 0.05) is 16.8 Å². The predicted molar refractivity (Wildman–Crippen MR) is 95.7 cm³/mol. The number of thiazole rings is 1. The summed E-state index contributed by atoms with van der Waals surface area (Å²) in [5, 5.41) is 7.59. The Bertz CT molecular complexity index is 805. The minimum Gasteiger partial charge on any atom is -0.359 e. The predicted octanol–water partition coefficient (Wildman–Crippen LogP) is 5.05. The van der Waals surface area contributed by atoms with Gasteiger partial charge in [-0.1, -0.05) is 19.1 Å². The Morgan fingerprint density at radius 1 is 1.14 bits per heavy atom. The van der Waals surface area contributed by atoms with Crippen molar-refractivity contribution in [1.29, 1.82) is 0 Å². The first kappa shape index (κ1) is 15.0. The van der Waals surface area contributed by atoms with Gasteiger partial charge in [-0.15, -0.1) is 11.3 Å². The van der Waals surface area contributed by atoms with Crippen LogP contribution in [0.25, 0.3) is 22.3 Å². The molecular formula is C18H21N3S. The lowest BCUT2D eigenvalue weighted by Gasteiger charge is -2.07. The zero-order valence-electron chi connectivity index (χ0n) is 13.5. The van der Waals surface area contributed by atoms with Crippen LogP contribution >= 0.6 is 11.3 Å². The molecule has 3 rings (SSSR count). The maximum Gasteiger partial charge on any atom is 0.183 e. The number of nitrogens with one attached hydrogen (secondary N) is 1. The van der Waals surface area contributed by atoms with Gasteiger partial charge in [-0.3, -0.25) is 0 Å². The van der Waals surface area contributed by atoms with Crippen molar-refractivity contribution in [3.05, 3.63) is 40.8 Å². The summed E-state index contributed by atoms with van der Waals surface area (Å²) >= 11 is 1.63. The summed E-state index contributed by atoms with van der Waals surface area (Å²) in [6, 6.07) is 9.06. The molecule has 2 aromatic heterocycles. The van der Waals surface area contributed by atoms with Crippen LogP contribution in [0.5, 0.6) is 0 Å². The molecule has 114 valence electrons. The molecule has 0 saturated heterocycles. The number of anilines is 1. The molecule has 0 aliphatic heterocycles. The third-order valence-corrected chi connectivity index (χ3v) is 4.44. The zero-order valence-corrected chi connectivity index (χ0v) is 14.3. The SMILES string of the molecule is CCc1ccc2c(C)cc(-c3csc(NC(C)C)n3)nc2c1. The van der Waals surface area contributed by atoms with E-state index in [0.29, 0.717) is 6.04 Å². The number of nitrogens with zero attached hydrogens (tertiary/aromatic N) is 2. The third-order valence-electron chi connectivity index (χ3n) is 3.67. The van der Waals surface area contributed by atoms with Crippen LogP contribution in [0.15, 0.2) is 29.6 Å². The minimum atomic E-state index is 0.386. The van der Waals surface area contributed by atoms with Crippen LogP contribution in [0.2, 0.25) is 0 Å². The summed E-state index contributed by atoms with van der Waals surface area (Å²) in [4.78, 5) is 9.48. The first-order valence-corrected chi connectivity index (χ1v) is 8.57. The highest BCUT2D eigenvalue weighted by atomic mass is 32.1. The molecule has 0 aliphatic carbocycles. The van der Waals surface area contributed by atoms with Crippen LogP contribution in [-0.2, 0) is 6.42 Å². The Morgan fingerprint density at radius 2 is 1.95 bits per heavy atom. The maximum absolute atomic E-state index is 4.82. The van der Waals surface area contributed by atoms with Gasteiger partial charge in [-0.2, -0.15) is 0 Å². The summed E-state index contributed by atoms with van der Waals surface area (Å²) in [6.07, 6.45) is 1.03. The zero-order chi connectivity index (χ0) is 15.7. The average Bonchev–Trinajstić information content (AvgIpc) is 2.94. The third kappa shape index (κ3) is 2.97. The van der Waals surface area contributed by atoms with Gasteiger partial charge in [0.05, 0.1) is 11.2 Å². The van der Waals surface area contributed by atoms with Crippen LogP contribution < -0.4 is 5.32 Å². The van der Waals surface area contributed by atoms with E-state index in [1.54, 1.807) is 11.3 Å². The van der Waals surface area contributed by atoms with Crippen molar-refractivity contribution in [3.63, 3.8) is 0 Å². The van der Waals surface area contributed by atoms with Crippen molar-refractivity contribution in [2.75, 3.05) is 5.32 Å². The molecule has 0 bridgehead atoms. The van der Waals surface area contributed by atoms with Crippen molar-refractivity contribution < 1.29 is 0 Å². The highest BCUT2D eigenvalue weighted by molar-refractivity contribution is 7.14. The van der Waals surface area contributed by atoms with Gasteiger partial charge in [0.2, 0.25) is 0 Å². The number of hydrogen-bond acceptors (Lipinski definition) is 4. The van der Waals surface area contributed by atoms with Gasteiger partial charge in [0.15, 0.2) is 5.13 Å². The lowest BCUT2D eigenvalue weighted by Crippen LogP contribution is -2.09. The Hall–Kier alpha value is -1.94. The monoisotopic (exact) mass is 311 g/mol. The van der Waals surface area contributed by atoms with E-state index in [9.17, 15) is 0 Å². The van der Waals surface area contributed by atoms with E-state index in [-0.39, 0.29) is 0 Å². The summed E-state index contributed by atoms with van der Waals surface area (Å²) < 4.78 is 0. The maximum atomic E-state index is 4.82. The van der Waals surface area contributed by atoms with Gasteiger partial charge < -0.3 is 5.32 Å². The largest absolute Gasteiger partial charge is 0.359 e. The van der Waals surface area contributed by atoms with Crippen LogP contribution in [-0.4, -0.2) is 16.0 Å². The first-order chi connectivity index (χ1) is 10.6. The Balaban J connectivity index is 2.05. The van der Waals surface area contributed by atoms with Crippen molar-refractivity contribution in [1.82, 2.24) is 9.97 Å². The van der Waals surface area contributed by atoms with E-state index in [4.69, 9.17) is 4.98 Å². The molecule has 3 aromatic rings. The van der Waals surface area contributed by atoms with Crippen molar-refractivity contribution >= 4 is 27.4 Å². The highest BCUT2D eigenvalue weighted by Gasteiger charge is 2.10. The minimum absolute atomic E-state index is 0.386. The normalized spacial score (nSPS) is 11.3. The van der Waals surface area contributed by atoms with E-state index in [0.717, 1.165) is 28.5 Å². The summed E-state index contributed by atoms with van der Waals surface area (Å²) in [6.45, 7) is 8.54. The molecule has 4 heteroatoms. The molecule has 22 heavy (non-hydrogen) atoms. The van der Waals surface area contributed by atoms with E-state index < -0.39 is 0 Å². The van der Waals surface area contributed by atoms with E-state index in [2.05, 4.69) is 67.6 Å². The van der Waals surface area contributed by atoms with Gasteiger partial charge in [0.25, 0.3) is 0 Å². The molecule has 0 fully saturated rings. The van der Waals surface area contributed by atoms with E-state index in [1.807, 2.05) is 0 Å². The van der Waals surface area contributed by atoms with E-state index in [1.165, 1.54) is 16.5 Å². The number of rotatable bonds is 4. The number of fused-ring (bicyclic) bond motifs is 1. The van der Waals surface area contributed by atoms with Crippen molar-refractivity contribution in [2.24, 2.45) is 0 Å². The molecule has 0 radical (unpaired) electrons. The fraction of sp³-hybridized carbons (Fsp3) is 0.333. The number of aromatic nitrogens is 2. The molecule has 0 saturated carbocycles. The second kappa shape index (κ2) is 6.05. The molecule has 3 nitrogen and oxygen atoms in total. The standard InChI is InChI=1S/C18H21N3S/c1-5-13-6-7-14-12(4)8-16(20-15(14)9-13)17-10-22-18(21-17)19-11(2)3/h6-11H,5H2,1-4H3,(H,19,21). The first-order valence-electron chi connectivity index (χ1n) is 7.69. The second-order valence-corrected chi connectivity index (χ2v) is 6.72. The number of benzene rings is 1. The van der Waals surface area contributed by atoms with Crippen LogP contribution in [0.1, 0.15) is 31.9 Å². The van der Waals surface area contributed by atoms with Gasteiger partial charge in [-0.25, -0.2) is 9.97 Å². The van der Waals surface area contributed by atoms with Crippen molar-refractivity contribution in [2.45, 2.75) is 40.2 Å². The molecule has 0 unspecified atom stereocenters. The van der Waals surface area contributed by atoms with Gasteiger partial charge in [0.1, 0.15) is 5.69 Å². The summed E-state index contributed by atoms with van der Waals surface area (Å²) in [7, 11) is 0. The molecule has 1 N–H and O–H groups in total. The van der Waals surface area contributed by atoms with Crippen LogP contribution in [0.4, 0.5) is 5.13 Å². The molecule has 0 amide bonds. The highest BCUT2D eigenvalue weighted by Crippen LogP contribution is 2.28. The fourth-order valence-electron chi connectivity index (χ4n) is 2.50. The quantitative estimate of drug-likeness (QED) is 0.732. The number of hydrogen-bond donors (Lipinski definition) is 1. The fourth-order valence-corrected chi connectivity index (χ4v) is 3.36. The second-order valence-electron chi connectivity index (χ2n) is 5.87. The topological polar surface area (TPSA) is 37.8 Å². The molecule has 1 aromatic carbocycles. The molecule has 0 atom stereocenters. The van der Waals surface area contributed by atoms with Gasteiger partial charge in [-0.05, 0) is 50.5 Å². The van der Waals surface area contributed by atoms with E-state index >= 15 is 0 Å². The summed E-state index contributed by atoms with van der Waals surface area (Å²) in [5.74, 6) is 0. The Morgan fingerprint density at radius 3 is 2.68 bits per heavy atom. The smallest absolute Gasteiger partial charge is 0.183 e. The molecule has 0 aliphatic rings. The summed E-state index contributed by atoms with van der Waals surface area (Å²) in [5.41, 5.74) is 5.51. The number of pyridine rings is 1. The average molecular weight is 311 g/mol. The van der Waals surface area contributed by atoms with Crippen LogP contribution in [0.3, 0.4) is 0 Å². The molecule has 0 spiro atoms. The lowest BCUT2D eigenvalue weighted by atomic mass is 10.0. The van der Waals surface area contributed by atoms with Crippen molar-refractivity contribution in [3.8, 4) is 11.4 Å². The van der Waals surface area contributed by atoms with Crippen LogP contribution in [0, 0.1) is 6.92 Å². The molecular weight excluding hydrogens is 290 g/mol. The Labute approximate surface area is 135 Å².